The number of hydrogen-bond acceptors (Lipinski definition) is 4. The van der Waals surface area contributed by atoms with Gasteiger partial charge in [0.1, 0.15) is 0 Å². The molecule has 1 aromatic carbocycles. The third-order valence-electron chi connectivity index (χ3n) is 4.73. The fraction of sp³-hybridized carbons (Fsp3) is 0.500. The van der Waals surface area contributed by atoms with Crippen molar-refractivity contribution in [3.05, 3.63) is 29.3 Å². The van der Waals surface area contributed by atoms with E-state index in [0.29, 0.717) is 22.7 Å². The van der Waals surface area contributed by atoms with E-state index in [1.54, 1.807) is 0 Å². The van der Waals surface area contributed by atoms with Gasteiger partial charge in [0.05, 0.1) is 5.75 Å². The van der Waals surface area contributed by atoms with Crippen LogP contribution < -0.4 is 5.32 Å². The van der Waals surface area contributed by atoms with E-state index in [1.807, 2.05) is 35.9 Å². The van der Waals surface area contributed by atoms with E-state index < -0.39 is 0 Å². The maximum Gasteiger partial charge on any atom is 0.230 e. The van der Waals surface area contributed by atoms with Gasteiger partial charge in [-0.25, -0.2) is 0 Å². The van der Waals surface area contributed by atoms with Gasteiger partial charge < -0.3 is 9.88 Å². The van der Waals surface area contributed by atoms with Crippen molar-refractivity contribution in [3.63, 3.8) is 0 Å². The summed E-state index contributed by atoms with van der Waals surface area (Å²) in [5.74, 6) is 1.75. The van der Waals surface area contributed by atoms with Crippen molar-refractivity contribution in [2.45, 2.75) is 43.8 Å². The Morgan fingerprint density at radius 3 is 2.72 bits per heavy atom. The number of halogens is 1. The number of hydrogen-bond donors (Lipinski definition) is 1. The van der Waals surface area contributed by atoms with Crippen molar-refractivity contribution in [3.8, 4) is 11.4 Å². The highest BCUT2D eigenvalue weighted by atomic mass is 35.5. The van der Waals surface area contributed by atoms with E-state index >= 15 is 0 Å². The molecule has 0 radical (unpaired) electrons. The summed E-state index contributed by atoms with van der Waals surface area (Å²) in [7, 11) is 1.91. The molecule has 1 fully saturated rings. The summed E-state index contributed by atoms with van der Waals surface area (Å²) in [6.45, 7) is 2.22. The molecule has 1 heterocycles. The molecule has 3 rings (SSSR count). The SMILES string of the molecule is CC1CCCCC1NC(=O)CSc1nnc(-c2ccc(Cl)cc2)n1C. The molecule has 134 valence electrons. The minimum Gasteiger partial charge on any atom is -0.352 e. The number of benzene rings is 1. The average molecular weight is 379 g/mol. The van der Waals surface area contributed by atoms with Crippen molar-refractivity contribution in [1.29, 1.82) is 0 Å². The summed E-state index contributed by atoms with van der Waals surface area (Å²) in [6.07, 6.45) is 4.76. The number of carbonyl (C=O) groups excluding carboxylic acids is 1. The first-order valence-corrected chi connectivity index (χ1v) is 9.98. The highest BCUT2D eigenvalue weighted by Gasteiger charge is 2.23. The van der Waals surface area contributed by atoms with Gasteiger partial charge in [0.15, 0.2) is 11.0 Å². The fourth-order valence-electron chi connectivity index (χ4n) is 3.20. The van der Waals surface area contributed by atoms with Crippen molar-refractivity contribution in [2.75, 3.05) is 5.75 Å². The highest BCUT2D eigenvalue weighted by molar-refractivity contribution is 7.99. The molecule has 2 atom stereocenters. The van der Waals surface area contributed by atoms with E-state index in [4.69, 9.17) is 11.6 Å². The summed E-state index contributed by atoms with van der Waals surface area (Å²) in [5.41, 5.74) is 0.951. The van der Waals surface area contributed by atoms with Gasteiger partial charge in [-0.15, -0.1) is 10.2 Å². The smallest absolute Gasteiger partial charge is 0.230 e. The molecule has 0 saturated heterocycles. The molecule has 1 aliphatic carbocycles. The van der Waals surface area contributed by atoms with Gasteiger partial charge in [-0.1, -0.05) is 43.1 Å². The van der Waals surface area contributed by atoms with Gasteiger partial charge in [0, 0.05) is 23.7 Å². The quantitative estimate of drug-likeness (QED) is 0.801. The van der Waals surface area contributed by atoms with E-state index in [9.17, 15) is 4.79 Å². The summed E-state index contributed by atoms with van der Waals surface area (Å²) < 4.78 is 1.91. The zero-order chi connectivity index (χ0) is 17.8. The Balaban J connectivity index is 1.58. The molecule has 2 aromatic rings. The monoisotopic (exact) mass is 378 g/mol. The van der Waals surface area contributed by atoms with Crippen LogP contribution in [0, 0.1) is 5.92 Å². The van der Waals surface area contributed by atoms with Crippen LogP contribution in [-0.4, -0.2) is 32.5 Å². The predicted molar refractivity (Wildman–Crippen MR) is 102 cm³/mol. The second kappa shape index (κ2) is 8.23. The van der Waals surface area contributed by atoms with Gasteiger partial charge in [-0.2, -0.15) is 0 Å². The lowest BCUT2D eigenvalue weighted by Gasteiger charge is -2.29. The first-order chi connectivity index (χ1) is 12.0. The van der Waals surface area contributed by atoms with E-state index in [0.717, 1.165) is 23.0 Å². The Kier molecular flexibility index (Phi) is 6.02. The molecule has 0 spiro atoms. The van der Waals surface area contributed by atoms with Gasteiger partial charge in [-0.05, 0) is 43.0 Å². The standard InChI is InChI=1S/C18H23ClN4OS/c1-12-5-3-4-6-15(12)20-16(24)11-25-18-22-21-17(23(18)2)13-7-9-14(19)10-8-13/h7-10,12,15H,3-6,11H2,1-2H3,(H,20,24). The van der Waals surface area contributed by atoms with Crippen LogP contribution in [0.5, 0.6) is 0 Å². The van der Waals surface area contributed by atoms with Crippen molar-refractivity contribution in [2.24, 2.45) is 13.0 Å². The summed E-state index contributed by atoms with van der Waals surface area (Å²) in [6, 6.07) is 7.80. The maximum atomic E-state index is 12.3. The minimum absolute atomic E-state index is 0.0693. The Labute approximate surface area is 157 Å². The molecule has 1 aromatic heterocycles. The molecule has 1 amide bonds. The number of rotatable bonds is 5. The summed E-state index contributed by atoms with van der Waals surface area (Å²) in [4.78, 5) is 12.3. The van der Waals surface area contributed by atoms with Crippen molar-refractivity contribution < 1.29 is 4.79 Å². The van der Waals surface area contributed by atoms with Gasteiger partial charge in [0.25, 0.3) is 0 Å². The Morgan fingerprint density at radius 1 is 1.28 bits per heavy atom. The van der Waals surface area contributed by atoms with Gasteiger partial charge in [-0.3, -0.25) is 4.79 Å². The van der Waals surface area contributed by atoms with Crippen LogP contribution in [0.3, 0.4) is 0 Å². The third-order valence-corrected chi connectivity index (χ3v) is 6.00. The lowest BCUT2D eigenvalue weighted by molar-refractivity contribution is -0.119. The number of aromatic nitrogens is 3. The number of nitrogens with zero attached hydrogens (tertiary/aromatic N) is 3. The van der Waals surface area contributed by atoms with Crippen LogP contribution in [0.2, 0.25) is 5.02 Å². The number of thioether (sulfide) groups is 1. The molecule has 1 N–H and O–H groups in total. The molecule has 0 aliphatic heterocycles. The third kappa shape index (κ3) is 4.55. The van der Waals surface area contributed by atoms with Crippen LogP contribution in [-0.2, 0) is 11.8 Å². The Hall–Kier alpha value is -1.53. The van der Waals surface area contributed by atoms with E-state index in [2.05, 4.69) is 22.4 Å². The summed E-state index contributed by atoms with van der Waals surface area (Å²) in [5, 5.41) is 13.0. The first kappa shape index (κ1) is 18.3. The molecule has 7 heteroatoms. The zero-order valence-corrected chi connectivity index (χ0v) is 16.1. The van der Waals surface area contributed by atoms with Gasteiger partial charge in [0.2, 0.25) is 5.91 Å². The largest absolute Gasteiger partial charge is 0.352 e. The second-order valence-corrected chi connectivity index (χ2v) is 7.98. The van der Waals surface area contributed by atoms with Crippen LogP contribution >= 0.6 is 23.4 Å². The molecule has 1 saturated carbocycles. The zero-order valence-electron chi connectivity index (χ0n) is 14.5. The molecule has 1 aliphatic rings. The first-order valence-electron chi connectivity index (χ1n) is 8.62. The van der Waals surface area contributed by atoms with E-state index in [1.165, 1.54) is 31.0 Å². The van der Waals surface area contributed by atoms with E-state index in [-0.39, 0.29) is 5.91 Å². The highest BCUT2D eigenvalue weighted by Crippen LogP contribution is 2.25. The fourth-order valence-corrected chi connectivity index (χ4v) is 4.05. The van der Waals surface area contributed by atoms with Crippen LogP contribution in [0.1, 0.15) is 32.6 Å². The number of nitrogens with one attached hydrogen (secondary N) is 1. The average Bonchev–Trinajstić information content (AvgIpc) is 2.97. The topological polar surface area (TPSA) is 59.8 Å². The predicted octanol–water partition coefficient (Wildman–Crippen LogP) is 3.92. The molecular formula is C18H23ClN4OS. The molecule has 0 bridgehead atoms. The Bertz CT molecular complexity index is 731. The summed E-state index contributed by atoms with van der Waals surface area (Å²) >= 11 is 7.34. The molecule has 2 unspecified atom stereocenters. The normalized spacial score (nSPS) is 20.4. The minimum atomic E-state index is 0.0693. The molecule has 5 nitrogen and oxygen atoms in total. The van der Waals surface area contributed by atoms with Crippen molar-refractivity contribution >= 4 is 29.3 Å². The molecule has 25 heavy (non-hydrogen) atoms. The van der Waals surface area contributed by atoms with Crippen molar-refractivity contribution in [1.82, 2.24) is 20.1 Å². The van der Waals surface area contributed by atoms with Crippen LogP contribution in [0.15, 0.2) is 29.4 Å². The lowest BCUT2D eigenvalue weighted by atomic mass is 9.86. The van der Waals surface area contributed by atoms with Crippen LogP contribution in [0.25, 0.3) is 11.4 Å². The second-order valence-electron chi connectivity index (χ2n) is 6.60. The lowest BCUT2D eigenvalue weighted by Crippen LogP contribution is -2.41. The molecular weight excluding hydrogens is 356 g/mol. The maximum absolute atomic E-state index is 12.3. The Morgan fingerprint density at radius 2 is 2.00 bits per heavy atom. The van der Waals surface area contributed by atoms with Crippen LogP contribution in [0.4, 0.5) is 0 Å². The van der Waals surface area contributed by atoms with Gasteiger partial charge >= 0.3 is 0 Å². The number of amides is 1. The number of carbonyl (C=O) groups is 1.